The molecule has 0 saturated heterocycles. The van der Waals surface area contributed by atoms with Gasteiger partial charge >= 0.3 is 11.9 Å². The molecule has 6 nitrogen and oxygen atoms in total. The van der Waals surface area contributed by atoms with Gasteiger partial charge in [-0.15, -0.1) is 0 Å². The lowest BCUT2D eigenvalue weighted by atomic mass is 10.1. The van der Waals surface area contributed by atoms with Gasteiger partial charge in [0, 0.05) is 0 Å². The summed E-state index contributed by atoms with van der Waals surface area (Å²) >= 11 is 0. The number of aryl methyl sites for hydroxylation is 4. The quantitative estimate of drug-likeness (QED) is 0.388. The minimum absolute atomic E-state index is 0.138. The Balaban J connectivity index is 1.38. The van der Waals surface area contributed by atoms with Gasteiger partial charge in [-0.05, 0) is 73.2 Å². The van der Waals surface area contributed by atoms with Crippen LogP contribution in [0.3, 0.4) is 0 Å². The van der Waals surface area contributed by atoms with Crippen molar-refractivity contribution in [3.63, 3.8) is 0 Å². The summed E-state index contributed by atoms with van der Waals surface area (Å²) in [5.41, 5.74) is 5.71. The second kappa shape index (κ2) is 11.9. The molecule has 0 radical (unpaired) electrons. The van der Waals surface area contributed by atoms with Crippen molar-refractivity contribution in [2.45, 2.75) is 40.9 Å². The van der Waals surface area contributed by atoms with Crippen LogP contribution in [0, 0.1) is 27.7 Å². The molecule has 0 bridgehead atoms. The van der Waals surface area contributed by atoms with E-state index in [0.29, 0.717) is 11.5 Å². The van der Waals surface area contributed by atoms with Crippen LogP contribution in [0.4, 0.5) is 0 Å². The number of ether oxygens (including phenoxy) is 4. The lowest BCUT2D eigenvalue weighted by Crippen LogP contribution is -2.15. The molecular weight excluding hydrogens is 432 g/mol. The third kappa shape index (κ3) is 7.66. The maximum absolute atomic E-state index is 12.0. The first-order chi connectivity index (χ1) is 16.3. The van der Waals surface area contributed by atoms with Gasteiger partial charge in [0.15, 0.2) is 13.2 Å². The van der Waals surface area contributed by atoms with Crippen molar-refractivity contribution in [2.75, 3.05) is 13.2 Å². The molecule has 6 heteroatoms. The summed E-state index contributed by atoms with van der Waals surface area (Å²) in [7, 11) is 0. The molecule has 0 N–H and O–H groups in total. The molecule has 0 aliphatic rings. The highest BCUT2D eigenvalue weighted by Gasteiger charge is 2.09. The van der Waals surface area contributed by atoms with E-state index >= 15 is 0 Å². The molecule has 0 heterocycles. The Bertz CT molecular complexity index is 1040. The Hall–Kier alpha value is -3.80. The molecule has 0 atom stereocenters. The van der Waals surface area contributed by atoms with Gasteiger partial charge in [-0.2, -0.15) is 0 Å². The number of esters is 2. The van der Waals surface area contributed by atoms with Crippen molar-refractivity contribution in [3.8, 4) is 11.5 Å². The van der Waals surface area contributed by atoms with Crippen LogP contribution in [0.1, 0.15) is 33.4 Å². The largest absolute Gasteiger partial charge is 0.482 e. The average Bonchev–Trinajstić information content (AvgIpc) is 2.83. The average molecular weight is 463 g/mol. The number of rotatable bonds is 10. The number of hydrogen-bond acceptors (Lipinski definition) is 6. The summed E-state index contributed by atoms with van der Waals surface area (Å²) in [5.74, 6) is 0.469. The fourth-order valence-corrected chi connectivity index (χ4v) is 3.14. The zero-order chi connectivity index (χ0) is 24.5. The summed E-state index contributed by atoms with van der Waals surface area (Å²) in [6.45, 7) is 7.77. The molecule has 34 heavy (non-hydrogen) atoms. The van der Waals surface area contributed by atoms with Crippen molar-refractivity contribution < 1.29 is 28.5 Å². The number of carbonyl (C=O) groups excluding carboxylic acids is 2. The third-order valence-corrected chi connectivity index (χ3v) is 5.20. The van der Waals surface area contributed by atoms with Gasteiger partial charge in [-0.25, -0.2) is 9.59 Å². The molecule has 3 aromatic carbocycles. The lowest BCUT2D eigenvalue weighted by Gasteiger charge is -2.11. The van der Waals surface area contributed by atoms with Crippen LogP contribution in [0.25, 0.3) is 0 Å². The molecule has 0 amide bonds. The third-order valence-electron chi connectivity index (χ3n) is 5.20. The van der Waals surface area contributed by atoms with E-state index in [4.69, 9.17) is 18.9 Å². The first kappa shape index (κ1) is 24.8. The van der Waals surface area contributed by atoms with E-state index in [1.54, 1.807) is 0 Å². The Morgan fingerprint density at radius 2 is 0.971 bits per heavy atom. The van der Waals surface area contributed by atoms with Crippen LogP contribution in [-0.4, -0.2) is 25.2 Å². The number of carbonyl (C=O) groups is 2. The summed E-state index contributed by atoms with van der Waals surface area (Å²) in [6, 6.07) is 19.0. The fourth-order valence-electron chi connectivity index (χ4n) is 3.14. The molecular formula is C28H30O6. The smallest absolute Gasteiger partial charge is 0.344 e. The maximum atomic E-state index is 12.0. The Kier molecular flexibility index (Phi) is 8.68. The zero-order valence-electron chi connectivity index (χ0n) is 20.1. The monoisotopic (exact) mass is 462 g/mol. The van der Waals surface area contributed by atoms with Crippen LogP contribution in [-0.2, 0) is 32.3 Å². The van der Waals surface area contributed by atoms with Gasteiger partial charge in [-0.1, -0.05) is 48.5 Å². The van der Waals surface area contributed by atoms with E-state index in [1.165, 1.54) is 0 Å². The predicted octanol–water partition coefficient (Wildman–Crippen LogP) is 5.16. The Labute approximate surface area is 200 Å². The summed E-state index contributed by atoms with van der Waals surface area (Å²) in [4.78, 5) is 24.0. The topological polar surface area (TPSA) is 71.1 Å². The number of benzene rings is 3. The fraction of sp³-hybridized carbons (Fsp3) is 0.286. The summed E-state index contributed by atoms with van der Waals surface area (Å²) < 4.78 is 21.7. The minimum atomic E-state index is -0.442. The Morgan fingerprint density at radius 1 is 0.588 bits per heavy atom. The first-order valence-electron chi connectivity index (χ1n) is 11.1. The van der Waals surface area contributed by atoms with Crippen molar-refractivity contribution >= 4 is 11.9 Å². The van der Waals surface area contributed by atoms with Gasteiger partial charge < -0.3 is 18.9 Å². The van der Waals surface area contributed by atoms with Crippen molar-refractivity contribution in [3.05, 3.63) is 94.0 Å². The highest BCUT2D eigenvalue weighted by molar-refractivity contribution is 5.71. The van der Waals surface area contributed by atoms with E-state index < -0.39 is 11.9 Å². The van der Waals surface area contributed by atoms with Crippen LogP contribution in [0.15, 0.2) is 60.7 Å². The molecule has 3 aromatic rings. The van der Waals surface area contributed by atoms with Crippen LogP contribution < -0.4 is 9.47 Å². The highest BCUT2D eigenvalue weighted by atomic mass is 16.6. The van der Waals surface area contributed by atoms with Gasteiger partial charge in [0.05, 0.1) is 0 Å². The highest BCUT2D eigenvalue weighted by Crippen LogP contribution is 2.20. The maximum Gasteiger partial charge on any atom is 0.344 e. The second-order valence-corrected chi connectivity index (χ2v) is 8.25. The molecule has 178 valence electrons. The molecule has 0 aromatic heterocycles. The zero-order valence-corrected chi connectivity index (χ0v) is 20.1. The van der Waals surface area contributed by atoms with Crippen molar-refractivity contribution in [1.82, 2.24) is 0 Å². The predicted molar refractivity (Wildman–Crippen MR) is 129 cm³/mol. The van der Waals surface area contributed by atoms with E-state index in [-0.39, 0.29) is 26.4 Å². The first-order valence-corrected chi connectivity index (χ1v) is 11.1. The van der Waals surface area contributed by atoms with E-state index in [9.17, 15) is 9.59 Å². The molecule has 0 unspecified atom stereocenters. The van der Waals surface area contributed by atoms with Gasteiger partial charge in [0.1, 0.15) is 24.7 Å². The van der Waals surface area contributed by atoms with Crippen molar-refractivity contribution in [1.29, 1.82) is 0 Å². The van der Waals surface area contributed by atoms with Crippen LogP contribution in [0.5, 0.6) is 11.5 Å². The molecule has 0 saturated carbocycles. The van der Waals surface area contributed by atoms with Crippen LogP contribution >= 0.6 is 0 Å². The SMILES string of the molecule is Cc1ccc(C)c(OCC(=O)OCc2ccc(COC(=O)COc3cc(C)ccc3C)cc2)c1. The van der Waals surface area contributed by atoms with Gasteiger partial charge in [-0.3, -0.25) is 0 Å². The summed E-state index contributed by atoms with van der Waals surface area (Å²) in [6.07, 6.45) is 0. The minimum Gasteiger partial charge on any atom is -0.482 e. The molecule has 0 spiro atoms. The molecule has 0 fully saturated rings. The Morgan fingerprint density at radius 3 is 1.35 bits per heavy atom. The van der Waals surface area contributed by atoms with E-state index in [1.807, 2.05) is 88.4 Å². The normalized spacial score (nSPS) is 10.5. The van der Waals surface area contributed by atoms with E-state index in [0.717, 1.165) is 33.4 Å². The van der Waals surface area contributed by atoms with Gasteiger partial charge in [0.25, 0.3) is 0 Å². The molecule has 0 aliphatic carbocycles. The van der Waals surface area contributed by atoms with Crippen molar-refractivity contribution in [2.24, 2.45) is 0 Å². The lowest BCUT2D eigenvalue weighted by molar-refractivity contribution is -0.148. The number of hydrogen-bond donors (Lipinski definition) is 0. The summed E-state index contributed by atoms with van der Waals surface area (Å²) in [5, 5.41) is 0. The van der Waals surface area contributed by atoms with Gasteiger partial charge in [0.2, 0.25) is 0 Å². The second-order valence-electron chi connectivity index (χ2n) is 8.25. The van der Waals surface area contributed by atoms with E-state index in [2.05, 4.69) is 0 Å². The standard InChI is InChI=1S/C28H30O6/c1-19-5-7-21(3)25(13-19)31-17-27(29)33-15-23-9-11-24(12-10-23)16-34-28(30)18-32-26-14-20(2)6-8-22(26)4/h5-14H,15-18H2,1-4H3. The van der Waals surface area contributed by atoms with Crippen LogP contribution in [0.2, 0.25) is 0 Å². The molecule has 0 aliphatic heterocycles. The molecule has 3 rings (SSSR count).